The van der Waals surface area contributed by atoms with Gasteiger partial charge in [-0.3, -0.25) is 4.90 Å². The van der Waals surface area contributed by atoms with Crippen LogP contribution in [0.3, 0.4) is 0 Å². The highest BCUT2D eigenvalue weighted by Crippen LogP contribution is 2.14. The quantitative estimate of drug-likeness (QED) is 0.860. The summed E-state index contributed by atoms with van der Waals surface area (Å²) >= 11 is 0. The second-order valence-electron chi connectivity index (χ2n) is 5.80. The summed E-state index contributed by atoms with van der Waals surface area (Å²) < 4.78 is 0. The molecule has 1 aromatic heterocycles. The van der Waals surface area contributed by atoms with Crippen LogP contribution in [0.2, 0.25) is 0 Å². The average molecular weight is 318 g/mol. The molecule has 24 heavy (non-hydrogen) atoms. The van der Waals surface area contributed by atoms with Gasteiger partial charge in [0.1, 0.15) is 11.9 Å². The van der Waals surface area contributed by atoms with Gasteiger partial charge in [-0.1, -0.05) is 12.1 Å². The van der Waals surface area contributed by atoms with Gasteiger partial charge in [0.25, 0.3) is 0 Å². The van der Waals surface area contributed by atoms with Crippen molar-refractivity contribution >= 4 is 5.82 Å². The van der Waals surface area contributed by atoms with Crippen molar-refractivity contribution < 1.29 is 0 Å². The monoisotopic (exact) mass is 318 g/mol. The van der Waals surface area contributed by atoms with Crippen LogP contribution in [0.25, 0.3) is 0 Å². The minimum Gasteiger partial charge on any atom is -0.354 e. The number of rotatable bonds is 3. The molecule has 2 heterocycles. The number of nitriles is 2. The molecule has 1 fully saturated rings. The standard InChI is InChI=1S/C18H18N6/c19-10-15-2-4-16(5-3-15)14-23-6-1-7-24(9-8-23)18-13-21-17(11-20)12-22-18/h2-5,12-13H,1,6-9,14H2. The smallest absolute Gasteiger partial charge is 0.158 e. The van der Waals surface area contributed by atoms with Crippen molar-refractivity contribution in [1.29, 1.82) is 10.5 Å². The number of aromatic nitrogens is 2. The number of benzene rings is 1. The molecule has 3 rings (SSSR count). The molecule has 0 unspecified atom stereocenters. The Hall–Kier alpha value is -2.96. The first kappa shape index (κ1) is 15.9. The molecule has 0 atom stereocenters. The fourth-order valence-electron chi connectivity index (χ4n) is 2.84. The van der Waals surface area contributed by atoms with Gasteiger partial charge in [0.05, 0.1) is 24.0 Å². The second kappa shape index (κ2) is 7.54. The van der Waals surface area contributed by atoms with Crippen molar-refractivity contribution in [2.75, 3.05) is 31.1 Å². The van der Waals surface area contributed by atoms with Gasteiger partial charge < -0.3 is 4.90 Å². The zero-order chi connectivity index (χ0) is 16.8. The normalized spacial score (nSPS) is 15.3. The third kappa shape index (κ3) is 3.87. The SMILES string of the molecule is N#Cc1ccc(CN2CCCN(c3cnc(C#N)cn3)CC2)cc1. The van der Waals surface area contributed by atoms with Crippen molar-refractivity contribution in [3.63, 3.8) is 0 Å². The molecular formula is C18H18N6. The Labute approximate surface area is 141 Å². The molecule has 120 valence electrons. The number of hydrogen-bond donors (Lipinski definition) is 0. The van der Waals surface area contributed by atoms with E-state index in [0.717, 1.165) is 45.0 Å². The molecule has 1 aliphatic heterocycles. The Morgan fingerprint density at radius 2 is 1.75 bits per heavy atom. The predicted octanol–water partition coefficient (Wildman–Crippen LogP) is 1.93. The Balaban J connectivity index is 1.60. The largest absolute Gasteiger partial charge is 0.354 e. The van der Waals surface area contributed by atoms with Crippen LogP contribution in [0.4, 0.5) is 5.82 Å². The maximum atomic E-state index is 8.86. The molecule has 0 bridgehead atoms. The summed E-state index contributed by atoms with van der Waals surface area (Å²) in [5.41, 5.74) is 2.26. The first-order valence-corrected chi connectivity index (χ1v) is 7.97. The number of anilines is 1. The molecule has 0 amide bonds. The van der Waals surface area contributed by atoms with Crippen molar-refractivity contribution in [3.05, 3.63) is 53.5 Å². The molecule has 0 N–H and O–H groups in total. The van der Waals surface area contributed by atoms with Crippen LogP contribution in [0.5, 0.6) is 0 Å². The number of nitrogens with zero attached hydrogens (tertiary/aromatic N) is 6. The molecule has 2 aromatic rings. The van der Waals surface area contributed by atoms with Gasteiger partial charge in [-0.2, -0.15) is 10.5 Å². The lowest BCUT2D eigenvalue weighted by atomic mass is 10.1. The molecule has 6 nitrogen and oxygen atoms in total. The summed E-state index contributed by atoms with van der Waals surface area (Å²) in [6, 6.07) is 11.9. The minimum atomic E-state index is 0.344. The summed E-state index contributed by atoms with van der Waals surface area (Å²) in [4.78, 5) is 13.1. The molecule has 1 saturated heterocycles. The van der Waals surface area contributed by atoms with E-state index in [1.807, 2.05) is 30.3 Å². The fourth-order valence-corrected chi connectivity index (χ4v) is 2.84. The van der Waals surface area contributed by atoms with E-state index in [2.05, 4.69) is 25.8 Å². The second-order valence-corrected chi connectivity index (χ2v) is 5.80. The summed E-state index contributed by atoms with van der Waals surface area (Å²) in [7, 11) is 0. The Morgan fingerprint density at radius 3 is 2.42 bits per heavy atom. The molecule has 0 saturated carbocycles. The van der Waals surface area contributed by atoms with Crippen LogP contribution in [0, 0.1) is 22.7 Å². The topological polar surface area (TPSA) is 79.8 Å². The average Bonchev–Trinajstić information content (AvgIpc) is 2.88. The van der Waals surface area contributed by atoms with Crippen LogP contribution in [0.1, 0.15) is 23.2 Å². The van der Waals surface area contributed by atoms with Gasteiger partial charge in [0.15, 0.2) is 5.69 Å². The summed E-state index contributed by atoms with van der Waals surface area (Å²) in [5, 5.41) is 17.7. The van der Waals surface area contributed by atoms with E-state index in [4.69, 9.17) is 10.5 Å². The van der Waals surface area contributed by atoms with E-state index >= 15 is 0 Å². The molecule has 1 aromatic carbocycles. The highest BCUT2D eigenvalue weighted by atomic mass is 15.2. The molecule has 0 radical (unpaired) electrons. The van der Waals surface area contributed by atoms with Gasteiger partial charge in [-0.25, -0.2) is 9.97 Å². The Kier molecular flexibility index (Phi) is 5.00. The van der Waals surface area contributed by atoms with Crippen molar-refractivity contribution in [2.45, 2.75) is 13.0 Å². The van der Waals surface area contributed by atoms with Crippen LogP contribution in [-0.4, -0.2) is 41.0 Å². The number of hydrogen-bond acceptors (Lipinski definition) is 6. The van der Waals surface area contributed by atoms with Crippen molar-refractivity contribution in [3.8, 4) is 12.1 Å². The zero-order valence-corrected chi connectivity index (χ0v) is 13.4. The maximum Gasteiger partial charge on any atom is 0.158 e. The molecule has 0 spiro atoms. The summed E-state index contributed by atoms with van der Waals surface area (Å²) in [6.07, 6.45) is 4.25. The first-order valence-electron chi connectivity index (χ1n) is 7.97. The fraction of sp³-hybridized carbons (Fsp3) is 0.333. The van der Waals surface area contributed by atoms with E-state index in [-0.39, 0.29) is 0 Å². The van der Waals surface area contributed by atoms with Crippen molar-refractivity contribution in [1.82, 2.24) is 14.9 Å². The highest BCUT2D eigenvalue weighted by molar-refractivity contribution is 5.37. The van der Waals surface area contributed by atoms with E-state index in [0.29, 0.717) is 11.3 Å². The van der Waals surface area contributed by atoms with Gasteiger partial charge in [0.2, 0.25) is 0 Å². The molecule has 0 aliphatic carbocycles. The van der Waals surface area contributed by atoms with Crippen molar-refractivity contribution in [2.24, 2.45) is 0 Å². The molecule has 1 aliphatic rings. The maximum absolute atomic E-state index is 8.86. The van der Waals surface area contributed by atoms with Crippen LogP contribution in [-0.2, 0) is 6.54 Å². The predicted molar refractivity (Wildman–Crippen MR) is 90.0 cm³/mol. The third-order valence-corrected chi connectivity index (χ3v) is 4.15. The lowest BCUT2D eigenvalue weighted by Gasteiger charge is -2.22. The molecular weight excluding hydrogens is 300 g/mol. The Morgan fingerprint density at radius 1 is 0.917 bits per heavy atom. The van der Waals surface area contributed by atoms with Gasteiger partial charge >= 0.3 is 0 Å². The van der Waals surface area contributed by atoms with E-state index in [1.165, 1.54) is 11.8 Å². The van der Waals surface area contributed by atoms with Gasteiger partial charge in [0, 0.05) is 32.7 Å². The van der Waals surface area contributed by atoms with E-state index < -0.39 is 0 Å². The lowest BCUT2D eigenvalue weighted by Crippen LogP contribution is -2.31. The van der Waals surface area contributed by atoms with Gasteiger partial charge in [-0.15, -0.1) is 0 Å². The van der Waals surface area contributed by atoms with E-state index in [9.17, 15) is 0 Å². The van der Waals surface area contributed by atoms with E-state index in [1.54, 1.807) is 6.20 Å². The van der Waals surface area contributed by atoms with Crippen LogP contribution < -0.4 is 4.90 Å². The first-order chi connectivity index (χ1) is 11.8. The van der Waals surface area contributed by atoms with Crippen LogP contribution in [0.15, 0.2) is 36.7 Å². The van der Waals surface area contributed by atoms with Gasteiger partial charge in [-0.05, 0) is 24.1 Å². The summed E-state index contributed by atoms with van der Waals surface area (Å²) in [5.74, 6) is 0.828. The summed E-state index contributed by atoms with van der Waals surface area (Å²) in [6.45, 7) is 4.68. The highest BCUT2D eigenvalue weighted by Gasteiger charge is 2.16. The molecule has 6 heteroatoms. The minimum absolute atomic E-state index is 0.344. The zero-order valence-electron chi connectivity index (χ0n) is 13.4. The third-order valence-electron chi connectivity index (χ3n) is 4.15. The lowest BCUT2D eigenvalue weighted by molar-refractivity contribution is 0.285. The van der Waals surface area contributed by atoms with Crippen LogP contribution >= 0.6 is 0 Å². The Bertz CT molecular complexity index is 754.